The van der Waals surface area contributed by atoms with Gasteiger partial charge in [-0.05, 0) is 0 Å². The first kappa shape index (κ1) is 24.5. The van der Waals surface area contributed by atoms with Crippen LogP contribution in [0.15, 0.2) is 60.9 Å². The van der Waals surface area contributed by atoms with Crippen LogP contribution >= 0.6 is 0 Å². The molecule has 0 saturated heterocycles. The summed E-state index contributed by atoms with van der Waals surface area (Å²) >= 11 is -1.49. The molecule has 2 heterocycles. The van der Waals surface area contributed by atoms with E-state index in [4.69, 9.17) is 9.47 Å². The molecule has 0 spiro atoms. The van der Waals surface area contributed by atoms with Crippen molar-refractivity contribution in [3.63, 3.8) is 0 Å². The fraction of sp³-hybridized carbons (Fsp3) is 0.167. The number of ether oxygens (including phenoxy) is 2. The maximum absolute atomic E-state index is 13.0. The summed E-state index contributed by atoms with van der Waals surface area (Å²) in [5, 5.41) is 4.28. The number of methoxy groups -OCH3 is 1. The molecule has 0 aliphatic heterocycles. The van der Waals surface area contributed by atoms with Crippen LogP contribution in [0.4, 0.5) is 13.2 Å². The van der Waals surface area contributed by atoms with Gasteiger partial charge in [0, 0.05) is 0 Å². The average molecular weight is 545 g/mol. The Hall–Kier alpha value is -3.65. The number of fused-ring (bicyclic) bond motifs is 1. The molecular weight excluding hydrogens is 526 g/mol. The normalized spacial score (nSPS) is 11.8. The first-order valence-electron chi connectivity index (χ1n) is 10.4. The Morgan fingerprint density at radius 3 is 2.63 bits per heavy atom. The molecule has 35 heavy (non-hydrogen) atoms. The summed E-state index contributed by atoms with van der Waals surface area (Å²) in [7, 11) is 1.49. The van der Waals surface area contributed by atoms with Crippen molar-refractivity contribution in [2.75, 3.05) is 13.7 Å². The van der Waals surface area contributed by atoms with Crippen LogP contribution in [0.2, 0.25) is 0 Å². The van der Waals surface area contributed by atoms with Crippen LogP contribution in [0.5, 0.6) is 5.75 Å². The van der Waals surface area contributed by atoms with E-state index in [1.807, 2.05) is 0 Å². The quantitative estimate of drug-likeness (QED) is 0.261. The molecule has 1 atom stereocenters. The molecule has 0 amide bonds. The Bertz CT molecular complexity index is 1420. The Morgan fingerprint density at radius 1 is 1.11 bits per heavy atom. The second-order valence-electron chi connectivity index (χ2n) is 7.29. The van der Waals surface area contributed by atoms with Crippen molar-refractivity contribution in [3.05, 3.63) is 77.6 Å². The molecule has 0 saturated carbocycles. The molecule has 0 radical (unpaired) electrons. The first-order chi connectivity index (χ1) is 16.7. The number of aromatic nitrogens is 3. The van der Waals surface area contributed by atoms with Crippen molar-refractivity contribution < 1.29 is 32.2 Å². The molecule has 0 N–H and O–H groups in total. The molecule has 4 aromatic rings. The molecule has 4 rings (SSSR count). The van der Waals surface area contributed by atoms with Gasteiger partial charge in [-0.2, -0.15) is 0 Å². The minimum absolute atomic E-state index is 0.0228. The number of carbonyl (C=O) groups excluding carboxylic acids is 2. The third kappa shape index (κ3) is 5.07. The number of halogens is 3. The summed E-state index contributed by atoms with van der Waals surface area (Å²) in [5.41, 5.74) is 0.815. The van der Waals surface area contributed by atoms with Crippen LogP contribution in [-0.4, -0.2) is 54.6 Å². The van der Waals surface area contributed by atoms with E-state index in [1.165, 1.54) is 36.2 Å². The monoisotopic (exact) mass is 545 g/mol. The van der Waals surface area contributed by atoms with Gasteiger partial charge in [0.2, 0.25) is 0 Å². The van der Waals surface area contributed by atoms with Crippen LogP contribution < -0.4 is 9.09 Å². The number of carbonyl (C=O) groups is 2. The molecule has 0 aliphatic rings. The van der Waals surface area contributed by atoms with Gasteiger partial charge in [0.15, 0.2) is 0 Å². The van der Waals surface area contributed by atoms with Crippen LogP contribution in [0.1, 0.15) is 33.2 Å². The van der Waals surface area contributed by atoms with Crippen molar-refractivity contribution in [1.29, 1.82) is 0 Å². The zero-order chi connectivity index (χ0) is 25.2. The molecule has 2 aromatic carbocycles. The summed E-state index contributed by atoms with van der Waals surface area (Å²) in [5.74, 6) is -0.0567. The van der Waals surface area contributed by atoms with Crippen molar-refractivity contribution in [1.82, 2.24) is 14.6 Å². The van der Waals surface area contributed by atoms with Crippen molar-refractivity contribution in [2.24, 2.45) is 0 Å². The van der Waals surface area contributed by atoms with Crippen LogP contribution in [-0.2, 0) is 10.9 Å². The van der Waals surface area contributed by atoms with Crippen LogP contribution in [0.3, 0.4) is 0 Å². The topological polar surface area (TPSA) is 82.8 Å². The summed E-state index contributed by atoms with van der Waals surface area (Å²) in [6.07, 6.45) is -1.64. The van der Waals surface area contributed by atoms with E-state index in [1.54, 1.807) is 31.2 Å². The van der Waals surface area contributed by atoms with Gasteiger partial charge in [-0.3, -0.25) is 0 Å². The van der Waals surface area contributed by atoms with E-state index in [-0.39, 0.29) is 22.3 Å². The zero-order valence-corrected chi connectivity index (χ0v) is 20.7. The standard InChI is InChI=1S/C24H19AsF3N3O4/c1-3-35-23(33)18-13-30-31-19(9-10-29-22(18)31)17-12-16(7-8-20(17)34-2)25-21(32)14-5-4-6-15(11-14)24(26,27)28/h4-13,25H,3H2,1-2H3. The third-order valence-corrected chi connectivity index (χ3v) is 7.42. The fourth-order valence-corrected chi connectivity index (χ4v) is 5.46. The molecule has 0 fully saturated rings. The second-order valence-corrected chi connectivity index (χ2v) is 9.98. The van der Waals surface area contributed by atoms with Crippen LogP contribution in [0.25, 0.3) is 16.9 Å². The Kier molecular flexibility index (Phi) is 6.93. The number of hydrogen-bond acceptors (Lipinski definition) is 6. The van der Waals surface area contributed by atoms with E-state index < -0.39 is 33.5 Å². The summed E-state index contributed by atoms with van der Waals surface area (Å²) in [6.45, 7) is 1.90. The average Bonchev–Trinajstić information content (AvgIpc) is 3.28. The van der Waals surface area contributed by atoms with E-state index >= 15 is 0 Å². The zero-order valence-electron chi connectivity index (χ0n) is 18.6. The van der Waals surface area contributed by atoms with Gasteiger partial charge in [-0.1, -0.05) is 0 Å². The van der Waals surface area contributed by atoms with Gasteiger partial charge in [0.05, 0.1) is 0 Å². The summed E-state index contributed by atoms with van der Waals surface area (Å²) < 4.78 is 51.5. The van der Waals surface area contributed by atoms with Crippen molar-refractivity contribution in [2.45, 2.75) is 13.1 Å². The molecule has 1 unspecified atom stereocenters. The van der Waals surface area contributed by atoms with E-state index in [0.29, 0.717) is 27.0 Å². The van der Waals surface area contributed by atoms with E-state index in [0.717, 1.165) is 12.1 Å². The predicted octanol–water partition coefficient (Wildman–Crippen LogP) is 3.50. The van der Waals surface area contributed by atoms with E-state index in [9.17, 15) is 22.8 Å². The van der Waals surface area contributed by atoms with Crippen molar-refractivity contribution >= 4 is 36.3 Å². The number of esters is 1. The van der Waals surface area contributed by atoms with Crippen LogP contribution in [0, 0.1) is 0 Å². The van der Waals surface area contributed by atoms with Gasteiger partial charge >= 0.3 is 205 Å². The fourth-order valence-electron chi connectivity index (χ4n) is 3.47. The predicted molar refractivity (Wildman–Crippen MR) is 123 cm³/mol. The SMILES string of the molecule is CCOC(=O)c1cnn2c(-c3cc([AsH]C(=O)c4cccc(C(F)(F)F)c4)ccc3OC)ccnc12. The number of rotatable bonds is 7. The van der Waals surface area contributed by atoms with Gasteiger partial charge in [-0.15, -0.1) is 0 Å². The molecule has 2 aromatic heterocycles. The maximum atomic E-state index is 13.0. The van der Waals surface area contributed by atoms with Gasteiger partial charge in [0.25, 0.3) is 0 Å². The number of nitrogens with zero attached hydrogens (tertiary/aromatic N) is 3. The number of hydrogen-bond donors (Lipinski definition) is 0. The molecule has 180 valence electrons. The van der Waals surface area contributed by atoms with E-state index in [2.05, 4.69) is 10.1 Å². The molecule has 0 aliphatic carbocycles. The Balaban J connectivity index is 1.71. The number of alkyl halides is 3. The molecular formula is C24H19AsF3N3O4. The minimum atomic E-state index is -4.53. The molecule has 11 heteroatoms. The van der Waals surface area contributed by atoms with Gasteiger partial charge in [0.1, 0.15) is 0 Å². The molecule has 0 bridgehead atoms. The van der Waals surface area contributed by atoms with Gasteiger partial charge in [-0.25, -0.2) is 0 Å². The first-order valence-corrected chi connectivity index (χ1v) is 12.5. The van der Waals surface area contributed by atoms with Gasteiger partial charge < -0.3 is 0 Å². The Labute approximate surface area is 204 Å². The molecule has 7 nitrogen and oxygen atoms in total. The van der Waals surface area contributed by atoms with Crippen molar-refractivity contribution in [3.8, 4) is 17.0 Å². The summed E-state index contributed by atoms with van der Waals surface area (Å²) in [6, 6.07) is 11.3. The summed E-state index contributed by atoms with van der Waals surface area (Å²) in [4.78, 5) is 29.3. The number of benzene rings is 2. The second kappa shape index (κ2) is 9.91. The third-order valence-electron chi connectivity index (χ3n) is 5.08. The Morgan fingerprint density at radius 2 is 1.91 bits per heavy atom.